The summed E-state index contributed by atoms with van der Waals surface area (Å²) < 4.78 is 5.92. The molecule has 0 aliphatic carbocycles. The topological polar surface area (TPSA) is 63.2 Å². The zero-order valence-electron chi connectivity index (χ0n) is 19.6. The molecular weight excluding hydrogens is 434 g/mol. The maximum Gasteiger partial charge on any atom is 0.251 e. The van der Waals surface area contributed by atoms with E-state index in [0.717, 1.165) is 39.5 Å². The van der Waals surface area contributed by atoms with Crippen LogP contribution in [0.1, 0.15) is 23.1 Å². The number of amides is 1. The van der Waals surface area contributed by atoms with Crippen LogP contribution in [0.15, 0.2) is 96.7 Å². The highest BCUT2D eigenvalue weighted by Gasteiger charge is 2.16. The summed E-state index contributed by atoms with van der Waals surface area (Å²) in [5.74, 6) is 1.52. The van der Waals surface area contributed by atoms with Crippen molar-refractivity contribution in [2.45, 2.75) is 19.9 Å². The molecule has 1 amide bonds. The molecule has 0 saturated carbocycles. The summed E-state index contributed by atoms with van der Waals surface area (Å²) >= 11 is 0. The number of pyridine rings is 1. The molecule has 174 valence electrons. The number of benzene rings is 3. The zero-order valence-corrected chi connectivity index (χ0v) is 19.6. The molecule has 5 nitrogen and oxygen atoms in total. The van der Waals surface area contributed by atoms with Gasteiger partial charge in [-0.05, 0) is 66.1 Å². The van der Waals surface area contributed by atoms with Crippen LogP contribution in [0.2, 0.25) is 0 Å². The van der Waals surface area contributed by atoms with Gasteiger partial charge < -0.3 is 15.4 Å². The SMILES string of the molecule is Cc1ccc(-c2ccc3c(c2)C=C(C(=O)Nc2ccc(CNc4ccccn4)cc2)CCO3)cc1. The Morgan fingerprint density at radius 2 is 1.74 bits per heavy atom. The van der Waals surface area contributed by atoms with Crippen LogP contribution in [0, 0.1) is 6.92 Å². The minimum atomic E-state index is -0.110. The van der Waals surface area contributed by atoms with Gasteiger partial charge in [-0.15, -0.1) is 0 Å². The molecule has 4 aromatic rings. The van der Waals surface area contributed by atoms with Gasteiger partial charge in [0.1, 0.15) is 11.6 Å². The number of hydrogen-bond donors (Lipinski definition) is 2. The van der Waals surface area contributed by atoms with E-state index in [1.54, 1.807) is 6.20 Å². The second-order valence-electron chi connectivity index (χ2n) is 8.61. The number of hydrogen-bond acceptors (Lipinski definition) is 4. The van der Waals surface area contributed by atoms with Gasteiger partial charge in [0.2, 0.25) is 0 Å². The lowest BCUT2D eigenvalue weighted by Gasteiger charge is -2.09. The Labute approximate surface area is 205 Å². The Balaban J connectivity index is 1.28. The van der Waals surface area contributed by atoms with Crippen LogP contribution in [-0.2, 0) is 11.3 Å². The van der Waals surface area contributed by atoms with Gasteiger partial charge in [-0.1, -0.05) is 54.1 Å². The van der Waals surface area contributed by atoms with Gasteiger partial charge >= 0.3 is 0 Å². The monoisotopic (exact) mass is 461 g/mol. The Bertz CT molecular complexity index is 1350. The Kier molecular flexibility index (Phi) is 6.57. The first-order valence-electron chi connectivity index (χ1n) is 11.7. The summed E-state index contributed by atoms with van der Waals surface area (Å²) in [6, 6.07) is 28.2. The van der Waals surface area contributed by atoms with E-state index >= 15 is 0 Å². The molecule has 3 aromatic carbocycles. The number of carbonyl (C=O) groups is 1. The number of nitrogens with one attached hydrogen (secondary N) is 2. The molecule has 1 aliphatic heterocycles. The Hall–Kier alpha value is -4.38. The predicted octanol–water partition coefficient (Wildman–Crippen LogP) is 6.47. The summed E-state index contributed by atoms with van der Waals surface area (Å²) in [5.41, 5.74) is 6.94. The Morgan fingerprint density at radius 3 is 2.51 bits per heavy atom. The fraction of sp³-hybridized carbons (Fsp3) is 0.133. The number of aryl methyl sites for hydroxylation is 1. The van der Waals surface area contributed by atoms with Crippen molar-refractivity contribution < 1.29 is 9.53 Å². The molecule has 0 bridgehead atoms. The summed E-state index contributed by atoms with van der Waals surface area (Å²) in [6.45, 7) is 3.21. The standard InChI is InChI=1S/C30H27N3O2/c1-21-5-9-23(10-6-21)24-11-14-28-26(18-24)19-25(15-17-35-28)30(34)33-27-12-7-22(8-13-27)20-32-29-4-2-3-16-31-29/h2-14,16,18-19H,15,17,20H2,1H3,(H,31,32)(H,33,34). The van der Waals surface area contributed by atoms with Gasteiger partial charge in [-0.2, -0.15) is 0 Å². The van der Waals surface area contributed by atoms with Gasteiger partial charge in [-0.3, -0.25) is 4.79 Å². The quantitative estimate of drug-likeness (QED) is 0.345. The molecule has 0 radical (unpaired) electrons. The second-order valence-corrected chi connectivity index (χ2v) is 8.61. The number of carbonyl (C=O) groups excluding carboxylic acids is 1. The van der Waals surface area contributed by atoms with Crippen molar-refractivity contribution in [1.82, 2.24) is 4.98 Å². The van der Waals surface area contributed by atoms with E-state index in [0.29, 0.717) is 25.1 Å². The molecule has 1 aromatic heterocycles. The van der Waals surface area contributed by atoms with Gasteiger partial charge in [-0.25, -0.2) is 4.98 Å². The third-order valence-corrected chi connectivity index (χ3v) is 6.00. The molecule has 0 atom stereocenters. The molecule has 0 unspecified atom stereocenters. The van der Waals surface area contributed by atoms with Crippen LogP contribution in [0.5, 0.6) is 5.75 Å². The molecule has 0 spiro atoms. The highest BCUT2D eigenvalue weighted by molar-refractivity contribution is 6.07. The summed E-state index contributed by atoms with van der Waals surface area (Å²) in [5, 5.41) is 6.31. The summed E-state index contributed by atoms with van der Waals surface area (Å²) in [4.78, 5) is 17.3. The molecule has 2 heterocycles. The lowest BCUT2D eigenvalue weighted by atomic mass is 10.00. The fourth-order valence-corrected chi connectivity index (χ4v) is 4.01. The number of rotatable bonds is 6. The van der Waals surface area contributed by atoms with Gasteiger partial charge in [0.05, 0.1) is 6.61 Å². The molecule has 0 saturated heterocycles. The number of fused-ring (bicyclic) bond motifs is 1. The third-order valence-electron chi connectivity index (χ3n) is 6.00. The highest BCUT2D eigenvalue weighted by Crippen LogP contribution is 2.31. The van der Waals surface area contributed by atoms with Crippen molar-refractivity contribution in [3.8, 4) is 16.9 Å². The van der Waals surface area contributed by atoms with Crippen molar-refractivity contribution in [3.05, 3.63) is 113 Å². The number of aromatic nitrogens is 1. The maximum absolute atomic E-state index is 13.1. The molecule has 5 heteroatoms. The van der Waals surface area contributed by atoms with Crippen LogP contribution < -0.4 is 15.4 Å². The minimum absolute atomic E-state index is 0.110. The zero-order chi connectivity index (χ0) is 24.0. The molecule has 5 rings (SSSR count). The first kappa shape index (κ1) is 22.4. The lowest BCUT2D eigenvalue weighted by Crippen LogP contribution is -2.15. The average Bonchev–Trinajstić information content (AvgIpc) is 3.11. The summed E-state index contributed by atoms with van der Waals surface area (Å²) in [6.07, 6.45) is 4.25. The highest BCUT2D eigenvalue weighted by atomic mass is 16.5. The van der Waals surface area contributed by atoms with E-state index in [1.807, 2.05) is 54.6 Å². The van der Waals surface area contributed by atoms with Gasteiger partial charge in [0, 0.05) is 36.0 Å². The largest absolute Gasteiger partial charge is 0.493 e. The molecule has 0 fully saturated rings. The van der Waals surface area contributed by atoms with Gasteiger partial charge in [0.15, 0.2) is 0 Å². The number of ether oxygens (including phenoxy) is 1. The number of anilines is 2. The van der Waals surface area contributed by atoms with E-state index in [-0.39, 0.29) is 5.91 Å². The fourth-order valence-electron chi connectivity index (χ4n) is 4.01. The van der Waals surface area contributed by atoms with E-state index in [1.165, 1.54) is 5.56 Å². The van der Waals surface area contributed by atoms with Crippen LogP contribution in [-0.4, -0.2) is 17.5 Å². The molecule has 1 aliphatic rings. The average molecular weight is 462 g/mol. The summed E-state index contributed by atoms with van der Waals surface area (Å²) in [7, 11) is 0. The lowest BCUT2D eigenvalue weighted by molar-refractivity contribution is -0.113. The molecular formula is C30H27N3O2. The van der Waals surface area contributed by atoms with Crippen molar-refractivity contribution in [1.29, 1.82) is 0 Å². The predicted molar refractivity (Wildman–Crippen MR) is 141 cm³/mol. The van der Waals surface area contributed by atoms with Crippen LogP contribution in [0.4, 0.5) is 11.5 Å². The first-order chi connectivity index (χ1) is 17.1. The minimum Gasteiger partial charge on any atom is -0.493 e. The van der Waals surface area contributed by atoms with Crippen molar-refractivity contribution in [2.75, 3.05) is 17.2 Å². The van der Waals surface area contributed by atoms with E-state index < -0.39 is 0 Å². The van der Waals surface area contributed by atoms with Crippen LogP contribution >= 0.6 is 0 Å². The van der Waals surface area contributed by atoms with E-state index in [9.17, 15) is 4.79 Å². The first-order valence-corrected chi connectivity index (χ1v) is 11.7. The van der Waals surface area contributed by atoms with Crippen LogP contribution in [0.3, 0.4) is 0 Å². The second kappa shape index (κ2) is 10.3. The van der Waals surface area contributed by atoms with Crippen molar-refractivity contribution in [2.24, 2.45) is 0 Å². The van der Waals surface area contributed by atoms with Gasteiger partial charge in [0.25, 0.3) is 5.91 Å². The Morgan fingerprint density at radius 1 is 0.943 bits per heavy atom. The normalized spacial score (nSPS) is 12.5. The van der Waals surface area contributed by atoms with Crippen molar-refractivity contribution in [3.63, 3.8) is 0 Å². The third kappa shape index (κ3) is 5.58. The van der Waals surface area contributed by atoms with E-state index in [2.05, 4.69) is 58.9 Å². The smallest absolute Gasteiger partial charge is 0.251 e. The maximum atomic E-state index is 13.1. The van der Waals surface area contributed by atoms with Crippen LogP contribution in [0.25, 0.3) is 17.2 Å². The molecule has 2 N–H and O–H groups in total. The number of nitrogens with zero attached hydrogens (tertiary/aromatic N) is 1. The van der Waals surface area contributed by atoms with Crippen molar-refractivity contribution >= 4 is 23.5 Å². The van der Waals surface area contributed by atoms with E-state index in [4.69, 9.17) is 4.74 Å². The molecule has 35 heavy (non-hydrogen) atoms.